The van der Waals surface area contributed by atoms with Gasteiger partial charge in [-0.3, -0.25) is 0 Å². The first-order chi connectivity index (χ1) is 14.2. The molecule has 0 saturated carbocycles. The van der Waals surface area contributed by atoms with E-state index in [-0.39, 0.29) is 12.7 Å². The van der Waals surface area contributed by atoms with Crippen molar-refractivity contribution < 1.29 is 14.6 Å². The van der Waals surface area contributed by atoms with E-state index in [1.807, 2.05) is 12.1 Å². The van der Waals surface area contributed by atoms with Gasteiger partial charge in [-0.2, -0.15) is 0 Å². The monoisotopic (exact) mass is 410 g/mol. The van der Waals surface area contributed by atoms with Crippen LogP contribution in [0.1, 0.15) is 52.0 Å². The van der Waals surface area contributed by atoms with E-state index in [0.717, 1.165) is 37.4 Å². The predicted octanol–water partition coefficient (Wildman–Crippen LogP) is 4.96. The molecule has 1 N–H and O–H groups in total. The van der Waals surface area contributed by atoms with Crippen LogP contribution in [0.15, 0.2) is 54.7 Å². The summed E-state index contributed by atoms with van der Waals surface area (Å²) in [6.45, 7) is 13.7. The van der Waals surface area contributed by atoms with Gasteiger partial charge in [0.1, 0.15) is 18.5 Å². The van der Waals surface area contributed by atoms with Gasteiger partial charge in [0.05, 0.1) is 12.1 Å². The van der Waals surface area contributed by atoms with Crippen molar-refractivity contribution in [2.24, 2.45) is 0 Å². The lowest BCUT2D eigenvalue weighted by molar-refractivity contribution is 0.0268. The van der Waals surface area contributed by atoms with Gasteiger partial charge in [-0.1, -0.05) is 24.6 Å². The number of anilines is 1. The van der Waals surface area contributed by atoms with Crippen LogP contribution in [0.3, 0.4) is 0 Å². The highest BCUT2D eigenvalue weighted by Gasteiger charge is 2.25. The molecule has 3 rings (SSSR count). The lowest BCUT2D eigenvalue weighted by Gasteiger charge is -2.21. The molecule has 30 heavy (non-hydrogen) atoms. The van der Waals surface area contributed by atoms with Crippen LogP contribution in [0, 0.1) is 0 Å². The molecule has 162 valence electrons. The van der Waals surface area contributed by atoms with E-state index in [0.29, 0.717) is 11.8 Å². The molecule has 5 heteroatoms. The van der Waals surface area contributed by atoms with Gasteiger partial charge < -0.3 is 19.5 Å². The van der Waals surface area contributed by atoms with Crippen LogP contribution < -0.4 is 14.4 Å². The Labute approximate surface area is 180 Å². The fraction of sp³-hybridized carbons (Fsp3) is 0.480. The van der Waals surface area contributed by atoms with E-state index in [1.165, 1.54) is 11.1 Å². The first kappa shape index (κ1) is 22.2. The minimum Gasteiger partial charge on any atom is -0.489 e. The lowest BCUT2D eigenvalue weighted by atomic mass is 9.95. The van der Waals surface area contributed by atoms with Gasteiger partial charge in [-0.05, 0) is 56.9 Å². The number of allylic oxidation sites excluding steroid dienone is 1. The maximum atomic E-state index is 9.84. The number of aliphatic hydroxyl groups is 1. The van der Waals surface area contributed by atoms with Gasteiger partial charge in [0, 0.05) is 30.9 Å². The maximum Gasteiger partial charge on any atom is 0.215 e. The van der Waals surface area contributed by atoms with Gasteiger partial charge in [0.15, 0.2) is 0 Å². The second kappa shape index (κ2) is 9.52. The summed E-state index contributed by atoms with van der Waals surface area (Å²) in [5.41, 5.74) is 2.69. The third kappa shape index (κ3) is 6.49. The van der Waals surface area contributed by atoms with Crippen LogP contribution in [-0.2, 0) is 0 Å². The zero-order valence-electron chi connectivity index (χ0n) is 18.6. The Morgan fingerprint density at radius 1 is 1.30 bits per heavy atom. The molecular formula is C25H34N2O3. The summed E-state index contributed by atoms with van der Waals surface area (Å²) in [4.78, 5) is 6.53. The van der Waals surface area contributed by atoms with Gasteiger partial charge in [0.25, 0.3) is 0 Å². The first-order valence-electron chi connectivity index (χ1n) is 10.7. The zero-order chi connectivity index (χ0) is 21.7. The average molecular weight is 411 g/mol. The number of aromatic nitrogens is 1. The number of nitrogens with zero attached hydrogens (tertiary/aromatic N) is 2. The van der Waals surface area contributed by atoms with Crippen molar-refractivity contribution in [3.63, 3.8) is 0 Å². The number of ether oxygens (including phenoxy) is 2. The summed E-state index contributed by atoms with van der Waals surface area (Å²) in [5.74, 6) is 1.91. The Kier molecular flexibility index (Phi) is 7.03. The van der Waals surface area contributed by atoms with E-state index < -0.39 is 5.60 Å². The minimum absolute atomic E-state index is 0.151. The Bertz CT molecular complexity index is 842. The van der Waals surface area contributed by atoms with Crippen molar-refractivity contribution >= 4 is 5.69 Å². The van der Waals surface area contributed by atoms with Crippen molar-refractivity contribution in [2.45, 2.75) is 58.2 Å². The molecule has 0 spiro atoms. The largest absolute Gasteiger partial charge is 0.489 e. The third-order valence-electron chi connectivity index (χ3n) is 5.21. The fourth-order valence-electron chi connectivity index (χ4n) is 3.69. The normalized spacial score (nSPS) is 17.6. The van der Waals surface area contributed by atoms with E-state index in [1.54, 1.807) is 20.0 Å². The summed E-state index contributed by atoms with van der Waals surface area (Å²) in [5, 5.41) is 9.84. The van der Waals surface area contributed by atoms with Crippen LogP contribution in [-0.4, -0.2) is 41.5 Å². The third-order valence-corrected chi connectivity index (χ3v) is 5.21. The number of pyridine rings is 1. The molecule has 0 radical (unpaired) electrons. The van der Waals surface area contributed by atoms with Gasteiger partial charge in [0.2, 0.25) is 5.88 Å². The highest BCUT2D eigenvalue weighted by molar-refractivity contribution is 5.49. The molecular weight excluding hydrogens is 376 g/mol. The van der Waals surface area contributed by atoms with E-state index >= 15 is 0 Å². The Balaban J connectivity index is 1.55. The van der Waals surface area contributed by atoms with E-state index in [2.05, 4.69) is 54.6 Å². The van der Waals surface area contributed by atoms with Crippen LogP contribution >= 0.6 is 0 Å². The standard InChI is InChI=1S/C25H34N2O3/c1-18(2)14-19(3)20-6-8-22(9-7-20)30-23-11-13-27(16-23)21-10-12-26-24(15-21)29-17-25(4,5)28/h6-10,12,15,19,23,28H,1,11,13-14,16-17H2,2-5H3/t19-,23-/m1/s1. The fourth-order valence-corrected chi connectivity index (χ4v) is 3.69. The smallest absolute Gasteiger partial charge is 0.215 e. The molecule has 2 atom stereocenters. The molecule has 0 bridgehead atoms. The summed E-state index contributed by atoms with van der Waals surface area (Å²) in [6.07, 6.45) is 3.87. The molecule has 5 nitrogen and oxygen atoms in total. The van der Waals surface area contributed by atoms with Gasteiger partial charge in [-0.25, -0.2) is 4.98 Å². The molecule has 1 saturated heterocycles. The van der Waals surface area contributed by atoms with E-state index in [4.69, 9.17) is 9.47 Å². The zero-order valence-corrected chi connectivity index (χ0v) is 18.6. The molecule has 1 aromatic heterocycles. The first-order valence-corrected chi connectivity index (χ1v) is 10.7. The highest BCUT2D eigenvalue weighted by atomic mass is 16.5. The molecule has 2 aromatic rings. The van der Waals surface area contributed by atoms with Crippen molar-refractivity contribution in [2.75, 3.05) is 24.6 Å². The molecule has 1 aromatic carbocycles. The van der Waals surface area contributed by atoms with Crippen LogP contribution in [0.4, 0.5) is 5.69 Å². The quantitative estimate of drug-likeness (QED) is 0.592. The Morgan fingerprint density at radius 3 is 2.70 bits per heavy atom. The molecule has 0 aliphatic carbocycles. The minimum atomic E-state index is -0.887. The number of rotatable bonds is 9. The topological polar surface area (TPSA) is 54.8 Å². The Hall–Kier alpha value is -2.53. The van der Waals surface area contributed by atoms with Crippen LogP contribution in [0.25, 0.3) is 0 Å². The van der Waals surface area contributed by atoms with Crippen molar-refractivity contribution in [1.82, 2.24) is 4.98 Å². The molecule has 1 aliphatic rings. The predicted molar refractivity (Wildman–Crippen MR) is 122 cm³/mol. The highest BCUT2D eigenvalue weighted by Crippen LogP contribution is 2.28. The molecule has 0 amide bonds. The molecule has 1 fully saturated rings. The molecule has 0 unspecified atom stereocenters. The number of hydrogen-bond acceptors (Lipinski definition) is 5. The van der Waals surface area contributed by atoms with Crippen molar-refractivity contribution in [1.29, 1.82) is 0 Å². The SMILES string of the molecule is C=C(C)C[C@@H](C)c1ccc(O[C@@H]2CCN(c3ccnc(OCC(C)(C)O)c3)C2)cc1. The Morgan fingerprint density at radius 2 is 2.03 bits per heavy atom. The summed E-state index contributed by atoms with van der Waals surface area (Å²) in [6, 6.07) is 12.4. The average Bonchev–Trinajstić information content (AvgIpc) is 3.15. The number of benzene rings is 1. The van der Waals surface area contributed by atoms with Gasteiger partial charge >= 0.3 is 0 Å². The second-order valence-electron chi connectivity index (χ2n) is 9.06. The van der Waals surface area contributed by atoms with Crippen molar-refractivity contribution in [3.8, 4) is 11.6 Å². The summed E-state index contributed by atoms with van der Waals surface area (Å²) < 4.78 is 11.8. The molecule has 2 heterocycles. The van der Waals surface area contributed by atoms with Gasteiger partial charge in [-0.15, -0.1) is 6.58 Å². The number of hydrogen-bond donors (Lipinski definition) is 1. The van der Waals surface area contributed by atoms with E-state index in [9.17, 15) is 5.11 Å². The summed E-state index contributed by atoms with van der Waals surface area (Å²) in [7, 11) is 0. The molecule has 1 aliphatic heterocycles. The summed E-state index contributed by atoms with van der Waals surface area (Å²) >= 11 is 0. The van der Waals surface area contributed by atoms with Crippen molar-refractivity contribution in [3.05, 3.63) is 60.3 Å². The lowest BCUT2D eigenvalue weighted by Crippen LogP contribution is -2.28. The van der Waals surface area contributed by atoms with Crippen LogP contribution in [0.2, 0.25) is 0 Å². The maximum absolute atomic E-state index is 9.84. The second-order valence-corrected chi connectivity index (χ2v) is 9.06. The van der Waals surface area contributed by atoms with Crippen LogP contribution in [0.5, 0.6) is 11.6 Å².